The second kappa shape index (κ2) is 9.11. The van der Waals surface area contributed by atoms with Crippen LogP contribution in [0.3, 0.4) is 0 Å². The highest BCUT2D eigenvalue weighted by Crippen LogP contribution is 2.35. The molecule has 0 aromatic carbocycles. The van der Waals surface area contributed by atoms with Crippen molar-refractivity contribution >= 4 is 43.3 Å². The number of hydrogen-bond acceptors (Lipinski definition) is 10. The van der Waals surface area contributed by atoms with Crippen LogP contribution in [-0.4, -0.2) is 91.3 Å². The molecule has 0 atom stereocenters. The van der Waals surface area contributed by atoms with Crippen molar-refractivity contribution in [3.05, 3.63) is 29.3 Å². The largest absolute Gasteiger partial charge is 0.384 e. The van der Waals surface area contributed by atoms with Gasteiger partial charge in [0.15, 0.2) is 0 Å². The number of ether oxygens (including phenoxy) is 1. The molecule has 176 valence electrons. The van der Waals surface area contributed by atoms with Crippen molar-refractivity contribution in [1.29, 1.82) is 0 Å². The Labute approximate surface area is 197 Å². The molecular formula is C21H27N7O3S2. The molecule has 5 rings (SSSR count). The van der Waals surface area contributed by atoms with Gasteiger partial charge >= 0.3 is 0 Å². The fraction of sp³-hybridized carbons (Fsp3) is 0.476. The van der Waals surface area contributed by atoms with Crippen LogP contribution in [0.5, 0.6) is 0 Å². The Morgan fingerprint density at radius 3 is 2.52 bits per heavy atom. The number of rotatable bonds is 5. The Kier molecular flexibility index (Phi) is 6.18. The van der Waals surface area contributed by atoms with Crippen LogP contribution in [0.15, 0.2) is 23.7 Å². The quantitative estimate of drug-likeness (QED) is 0.565. The van der Waals surface area contributed by atoms with Crippen LogP contribution < -0.4 is 10.6 Å². The first-order valence-electron chi connectivity index (χ1n) is 10.9. The van der Waals surface area contributed by atoms with Crippen LogP contribution in [0, 0.1) is 0 Å². The normalized spacial score (nSPS) is 18.8. The monoisotopic (exact) mass is 489 g/mol. The molecule has 2 saturated heterocycles. The van der Waals surface area contributed by atoms with E-state index >= 15 is 0 Å². The summed E-state index contributed by atoms with van der Waals surface area (Å²) in [6.45, 7) is 5.94. The zero-order valence-electron chi connectivity index (χ0n) is 18.5. The predicted octanol–water partition coefficient (Wildman–Crippen LogP) is 1.25. The Morgan fingerprint density at radius 1 is 1.09 bits per heavy atom. The van der Waals surface area contributed by atoms with E-state index in [1.807, 2.05) is 6.07 Å². The van der Waals surface area contributed by atoms with Crippen LogP contribution in [-0.2, 0) is 21.3 Å². The maximum atomic E-state index is 11.8. The van der Waals surface area contributed by atoms with Crippen LogP contribution in [0.25, 0.3) is 21.5 Å². The summed E-state index contributed by atoms with van der Waals surface area (Å²) in [7, 11) is -3.15. The van der Waals surface area contributed by atoms with Gasteiger partial charge in [-0.2, -0.15) is 4.31 Å². The summed E-state index contributed by atoms with van der Waals surface area (Å²) in [5.41, 5.74) is 9.62. The molecule has 0 spiro atoms. The molecule has 0 bridgehead atoms. The lowest BCUT2D eigenvalue weighted by atomic mass is 10.1. The zero-order chi connectivity index (χ0) is 23.0. The van der Waals surface area contributed by atoms with E-state index in [4.69, 9.17) is 20.4 Å². The van der Waals surface area contributed by atoms with Gasteiger partial charge < -0.3 is 15.4 Å². The highest BCUT2D eigenvalue weighted by atomic mass is 32.2. The molecule has 5 heterocycles. The number of anilines is 2. The molecule has 2 N–H and O–H groups in total. The maximum Gasteiger partial charge on any atom is 0.226 e. The number of nitrogen functional groups attached to an aromatic ring is 1. The van der Waals surface area contributed by atoms with Crippen molar-refractivity contribution in [3.8, 4) is 11.3 Å². The lowest BCUT2D eigenvalue weighted by Crippen LogP contribution is -2.47. The third kappa shape index (κ3) is 4.80. The smallest absolute Gasteiger partial charge is 0.226 e. The number of sulfonamides is 1. The molecule has 10 nitrogen and oxygen atoms in total. The molecule has 0 aliphatic carbocycles. The van der Waals surface area contributed by atoms with Crippen molar-refractivity contribution in [2.75, 3.05) is 69.4 Å². The lowest BCUT2D eigenvalue weighted by molar-refractivity contribution is 0.122. The molecule has 2 aliphatic heterocycles. The Hall–Kier alpha value is -2.38. The molecule has 3 aromatic heterocycles. The number of nitrogens with zero attached hydrogens (tertiary/aromatic N) is 6. The summed E-state index contributed by atoms with van der Waals surface area (Å²) in [5.74, 6) is 1.16. The van der Waals surface area contributed by atoms with Gasteiger partial charge in [0.1, 0.15) is 5.82 Å². The van der Waals surface area contributed by atoms with Crippen LogP contribution in [0.2, 0.25) is 0 Å². The first kappa shape index (κ1) is 22.4. The Balaban J connectivity index is 1.48. The van der Waals surface area contributed by atoms with E-state index in [2.05, 4.69) is 20.2 Å². The molecule has 2 fully saturated rings. The fourth-order valence-corrected chi connectivity index (χ4v) is 6.01. The second-order valence-corrected chi connectivity index (χ2v) is 11.2. The van der Waals surface area contributed by atoms with Crippen molar-refractivity contribution in [3.63, 3.8) is 0 Å². The molecule has 12 heteroatoms. The van der Waals surface area contributed by atoms with Gasteiger partial charge in [-0.3, -0.25) is 4.90 Å². The number of thiophene rings is 1. The first-order chi connectivity index (χ1) is 15.9. The van der Waals surface area contributed by atoms with Crippen LogP contribution in [0.1, 0.15) is 5.56 Å². The highest BCUT2D eigenvalue weighted by molar-refractivity contribution is 7.88. The topological polar surface area (TPSA) is 118 Å². The van der Waals surface area contributed by atoms with E-state index in [1.54, 1.807) is 27.9 Å². The molecule has 0 radical (unpaired) electrons. The van der Waals surface area contributed by atoms with Crippen molar-refractivity contribution in [1.82, 2.24) is 24.2 Å². The third-order valence-electron chi connectivity index (χ3n) is 6.02. The number of nitrogens with two attached hydrogens (primary N) is 1. The van der Waals surface area contributed by atoms with Gasteiger partial charge in [0.25, 0.3) is 0 Å². The van der Waals surface area contributed by atoms with Crippen LogP contribution >= 0.6 is 11.3 Å². The van der Waals surface area contributed by atoms with Crippen molar-refractivity contribution < 1.29 is 13.2 Å². The highest BCUT2D eigenvalue weighted by Gasteiger charge is 2.25. The lowest BCUT2D eigenvalue weighted by Gasteiger charge is -2.33. The number of fused-ring (bicyclic) bond motifs is 1. The van der Waals surface area contributed by atoms with Gasteiger partial charge in [0, 0.05) is 63.1 Å². The van der Waals surface area contributed by atoms with E-state index in [1.165, 1.54) is 6.26 Å². The maximum absolute atomic E-state index is 11.8. The Bertz CT molecular complexity index is 1230. The molecule has 2 aliphatic rings. The minimum Gasteiger partial charge on any atom is -0.384 e. The molecule has 33 heavy (non-hydrogen) atoms. The van der Waals surface area contributed by atoms with Crippen molar-refractivity contribution in [2.24, 2.45) is 0 Å². The van der Waals surface area contributed by atoms with E-state index in [-0.39, 0.29) is 0 Å². The van der Waals surface area contributed by atoms with Gasteiger partial charge in [-0.1, -0.05) is 0 Å². The van der Waals surface area contributed by atoms with Gasteiger partial charge in [0.2, 0.25) is 16.0 Å². The number of pyridine rings is 1. The molecule has 0 amide bonds. The minimum absolute atomic E-state index is 0.470. The standard InChI is InChI=1S/C21H27N7O3S2/c1-33(29,30)28-6-4-26(5-7-28)13-16-14-32-20-18(15-2-3-17(22)23-12-15)24-21(25-19(16)20)27-8-10-31-11-9-27/h2-3,12,14H,4-11,13H2,1H3,(H2,22,23). The molecular weight excluding hydrogens is 462 g/mol. The first-order valence-corrected chi connectivity index (χ1v) is 13.6. The fourth-order valence-electron chi connectivity index (χ4n) is 4.17. The number of morpholine rings is 1. The molecule has 0 saturated carbocycles. The summed E-state index contributed by atoms with van der Waals surface area (Å²) in [6.07, 6.45) is 3.02. The van der Waals surface area contributed by atoms with Gasteiger partial charge in [-0.15, -0.1) is 11.3 Å². The van der Waals surface area contributed by atoms with Crippen LogP contribution in [0.4, 0.5) is 11.8 Å². The van der Waals surface area contributed by atoms with E-state index in [0.717, 1.165) is 46.7 Å². The summed E-state index contributed by atoms with van der Waals surface area (Å²) in [6, 6.07) is 3.73. The summed E-state index contributed by atoms with van der Waals surface area (Å²) in [4.78, 5) is 18.6. The third-order valence-corrected chi connectivity index (χ3v) is 8.35. The summed E-state index contributed by atoms with van der Waals surface area (Å²) in [5, 5.41) is 2.14. The Morgan fingerprint density at radius 2 is 1.85 bits per heavy atom. The summed E-state index contributed by atoms with van der Waals surface area (Å²) < 4.78 is 31.7. The number of hydrogen-bond donors (Lipinski definition) is 1. The average molecular weight is 490 g/mol. The average Bonchev–Trinajstić information content (AvgIpc) is 3.22. The van der Waals surface area contributed by atoms with E-state index < -0.39 is 10.0 Å². The van der Waals surface area contributed by atoms with E-state index in [9.17, 15) is 8.42 Å². The number of aromatic nitrogens is 3. The molecule has 3 aromatic rings. The van der Waals surface area contributed by atoms with Gasteiger partial charge in [-0.25, -0.2) is 23.4 Å². The van der Waals surface area contributed by atoms with Gasteiger partial charge in [0.05, 0.1) is 35.4 Å². The zero-order valence-corrected chi connectivity index (χ0v) is 20.1. The predicted molar refractivity (Wildman–Crippen MR) is 130 cm³/mol. The van der Waals surface area contributed by atoms with E-state index in [0.29, 0.717) is 51.2 Å². The SMILES string of the molecule is CS(=O)(=O)N1CCN(Cc2csc3c(-c4ccc(N)nc4)nc(N4CCOCC4)nc23)CC1. The second-order valence-electron chi connectivity index (χ2n) is 8.32. The molecule has 0 unspecified atom stereocenters. The minimum atomic E-state index is -3.15. The number of piperazine rings is 1. The summed E-state index contributed by atoms with van der Waals surface area (Å²) >= 11 is 1.63. The van der Waals surface area contributed by atoms with Gasteiger partial charge in [-0.05, 0) is 17.5 Å². The van der Waals surface area contributed by atoms with Crippen molar-refractivity contribution in [2.45, 2.75) is 6.54 Å².